The molecule has 0 bridgehead atoms. The summed E-state index contributed by atoms with van der Waals surface area (Å²) in [4.78, 5) is 0. The lowest BCUT2D eigenvalue weighted by atomic mass is 10.0. The highest BCUT2D eigenvalue weighted by atomic mass is 79.9. The van der Waals surface area contributed by atoms with Gasteiger partial charge in [0.05, 0.1) is 3.74 Å². The summed E-state index contributed by atoms with van der Waals surface area (Å²) < 4.78 is 1.32. The Balaban J connectivity index is 2.35. The van der Waals surface area contributed by atoms with Crippen molar-refractivity contribution in [1.82, 2.24) is 0 Å². The molecule has 0 amide bonds. The topological polar surface area (TPSA) is 0 Å². The first-order valence-electron chi connectivity index (χ1n) is 4.81. The predicted molar refractivity (Wildman–Crippen MR) is 80.2 cm³/mol. The molecule has 82 valence electrons. The summed E-state index contributed by atoms with van der Waals surface area (Å²) >= 11 is 10.5. The maximum atomic E-state index is 3.48. The van der Waals surface area contributed by atoms with E-state index in [4.69, 9.17) is 0 Å². The Kier molecular flexibility index (Phi) is 4.22. The first kappa shape index (κ1) is 12.3. The second-order valence-electron chi connectivity index (χ2n) is 3.43. The van der Waals surface area contributed by atoms with Gasteiger partial charge >= 0.3 is 0 Å². The predicted octanol–water partition coefficient (Wildman–Crippen LogP) is 5.90. The highest BCUT2D eigenvalue weighted by Gasteiger charge is 2.03. The van der Waals surface area contributed by atoms with E-state index in [2.05, 4.69) is 84.2 Å². The highest BCUT2D eigenvalue weighted by molar-refractivity contribution is 9.24. The molecule has 0 atom stereocenters. The Morgan fingerprint density at radius 2 is 1.50 bits per heavy atom. The number of rotatable bonds is 2. The van der Waals surface area contributed by atoms with Gasteiger partial charge in [0.15, 0.2) is 0 Å². The first-order chi connectivity index (χ1) is 7.66. The molecular formula is C13H9Br3. The second kappa shape index (κ2) is 5.48. The average molecular weight is 405 g/mol. The van der Waals surface area contributed by atoms with Gasteiger partial charge < -0.3 is 0 Å². The summed E-state index contributed by atoms with van der Waals surface area (Å²) in [6, 6.07) is 16.8. The molecule has 0 nitrogen and oxygen atoms in total. The lowest BCUT2D eigenvalue weighted by molar-refractivity contribution is 1.42. The normalized spacial score (nSPS) is 10.8. The number of alkyl halides is 2. The van der Waals surface area contributed by atoms with Gasteiger partial charge in [-0.15, -0.1) is 0 Å². The maximum Gasteiger partial charge on any atom is 0.0946 e. The Morgan fingerprint density at radius 3 is 2.06 bits per heavy atom. The van der Waals surface area contributed by atoms with Crippen molar-refractivity contribution in [3.05, 3.63) is 58.6 Å². The fourth-order valence-corrected chi connectivity index (χ4v) is 2.50. The van der Waals surface area contributed by atoms with Crippen molar-refractivity contribution in [2.45, 2.75) is 3.74 Å². The number of hydrogen-bond donors (Lipinski definition) is 0. The van der Waals surface area contributed by atoms with E-state index < -0.39 is 0 Å². The molecule has 0 saturated heterocycles. The van der Waals surface area contributed by atoms with Crippen LogP contribution in [0.3, 0.4) is 0 Å². The van der Waals surface area contributed by atoms with Crippen LogP contribution in [0.4, 0.5) is 0 Å². The minimum atomic E-state index is 0.219. The van der Waals surface area contributed by atoms with Crippen molar-refractivity contribution in [3.8, 4) is 11.1 Å². The van der Waals surface area contributed by atoms with Crippen LogP contribution < -0.4 is 0 Å². The third-order valence-corrected chi connectivity index (χ3v) is 3.87. The molecule has 2 aromatic carbocycles. The van der Waals surface area contributed by atoms with Gasteiger partial charge in [0.25, 0.3) is 0 Å². The van der Waals surface area contributed by atoms with Crippen LogP contribution >= 0.6 is 47.8 Å². The molecule has 0 fully saturated rings. The van der Waals surface area contributed by atoms with E-state index in [1.165, 1.54) is 16.7 Å². The molecule has 0 saturated carbocycles. The molecule has 0 unspecified atom stereocenters. The molecular weight excluding hydrogens is 396 g/mol. The van der Waals surface area contributed by atoms with E-state index in [1.807, 2.05) is 12.1 Å². The average Bonchev–Trinajstić information content (AvgIpc) is 2.29. The lowest BCUT2D eigenvalue weighted by Crippen LogP contribution is -1.82. The van der Waals surface area contributed by atoms with Gasteiger partial charge in [-0.25, -0.2) is 0 Å². The van der Waals surface area contributed by atoms with Crippen molar-refractivity contribution in [2.24, 2.45) is 0 Å². The van der Waals surface area contributed by atoms with Crippen LogP contribution in [0, 0.1) is 0 Å². The Labute approximate surface area is 120 Å². The van der Waals surface area contributed by atoms with Gasteiger partial charge in [-0.05, 0) is 28.8 Å². The van der Waals surface area contributed by atoms with Crippen LogP contribution in [0.1, 0.15) is 9.30 Å². The summed E-state index contributed by atoms with van der Waals surface area (Å²) in [5.74, 6) is 0. The van der Waals surface area contributed by atoms with Gasteiger partial charge in [-0.1, -0.05) is 84.2 Å². The molecule has 0 heterocycles. The Hall–Kier alpha value is -0.120. The van der Waals surface area contributed by atoms with Gasteiger partial charge in [-0.3, -0.25) is 0 Å². The summed E-state index contributed by atoms with van der Waals surface area (Å²) in [7, 11) is 0. The minimum Gasteiger partial charge on any atom is -0.0712 e. The SMILES string of the molecule is Brc1cccc(-c2ccc(C(Br)Br)cc2)c1. The fraction of sp³-hybridized carbons (Fsp3) is 0.0769. The molecule has 3 heteroatoms. The molecule has 0 aliphatic rings. The molecule has 16 heavy (non-hydrogen) atoms. The minimum absolute atomic E-state index is 0.219. The molecule has 0 N–H and O–H groups in total. The van der Waals surface area contributed by atoms with Gasteiger partial charge in [0, 0.05) is 4.47 Å². The van der Waals surface area contributed by atoms with Gasteiger partial charge in [0.1, 0.15) is 0 Å². The number of halogens is 3. The summed E-state index contributed by atoms with van der Waals surface area (Å²) in [5, 5.41) is 0. The molecule has 0 spiro atoms. The van der Waals surface area contributed by atoms with Crippen molar-refractivity contribution in [3.63, 3.8) is 0 Å². The monoisotopic (exact) mass is 402 g/mol. The van der Waals surface area contributed by atoms with Crippen molar-refractivity contribution >= 4 is 47.8 Å². The van der Waals surface area contributed by atoms with E-state index in [1.54, 1.807) is 0 Å². The van der Waals surface area contributed by atoms with E-state index in [-0.39, 0.29) is 3.74 Å². The van der Waals surface area contributed by atoms with Crippen LogP contribution in [-0.4, -0.2) is 0 Å². The third kappa shape index (κ3) is 2.96. The molecule has 0 aliphatic heterocycles. The van der Waals surface area contributed by atoms with E-state index in [0.29, 0.717) is 0 Å². The highest BCUT2D eigenvalue weighted by Crippen LogP contribution is 2.31. The van der Waals surface area contributed by atoms with Crippen molar-refractivity contribution < 1.29 is 0 Å². The standard InChI is InChI=1S/C13H9Br3/c14-12-3-1-2-11(8-12)9-4-6-10(7-5-9)13(15)16/h1-8,13H. The van der Waals surface area contributed by atoms with Crippen LogP contribution in [0.5, 0.6) is 0 Å². The second-order valence-corrected chi connectivity index (χ2v) is 7.41. The Bertz CT molecular complexity index is 475. The zero-order valence-corrected chi connectivity index (χ0v) is 13.1. The lowest BCUT2D eigenvalue weighted by Gasteiger charge is -2.05. The molecule has 0 aliphatic carbocycles. The van der Waals surface area contributed by atoms with Crippen molar-refractivity contribution in [1.29, 1.82) is 0 Å². The van der Waals surface area contributed by atoms with Crippen LogP contribution in [-0.2, 0) is 0 Å². The van der Waals surface area contributed by atoms with E-state index in [0.717, 1.165) is 4.47 Å². The largest absolute Gasteiger partial charge is 0.0946 e. The van der Waals surface area contributed by atoms with Crippen LogP contribution in [0.25, 0.3) is 11.1 Å². The van der Waals surface area contributed by atoms with Crippen molar-refractivity contribution in [2.75, 3.05) is 0 Å². The van der Waals surface area contributed by atoms with E-state index >= 15 is 0 Å². The third-order valence-electron chi connectivity index (χ3n) is 2.32. The molecule has 0 aromatic heterocycles. The van der Waals surface area contributed by atoms with Crippen LogP contribution in [0.15, 0.2) is 53.0 Å². The smallest absolute Gasteiger partial charge is 0.0712 e. The zero-order valence-electron chi connectivity index (χ0n) is 8.33. The molecule has 2 rings (SSSR count). The number of hydrogen-bond acceptors (Lipinski definition) is 0. The fourth-order valence-electron chi connectivity index (χ4n) is 1.49. The van der Waals surface area contributed by atoms with E-state index in [9.17, 15) is 0 Å². The van der Waals surface area contributed by atoms with Crippen LogP contribution in [0.2, 0.25) is 0 Å². The molecule has 2 aromatic rings. The quantitative estimate of drug-likeness (QED) is 0.546. The zero-order chi connectivity index (χ0) is 11.5. The molecule has 0 radical (unpaired) electrons. The summed E-state index contributed by atoms with van der Waals surface area (Å²) in [6.45, 7) is 0. The summed E-state index contributed by atoms with van der Waals surface area (Å²) in [6.07, 6.45) is 0. The maximum absolute atomic E-state index is 3.48. The summed E-state index contributed by atoms with van der Waals surface area (Å²) in [5.41, 5.74) is 3.67. The Morgan fingerprint density at radius 1 is 0.812 bits per heavy atom. The van der Waals surface area contributed by atoms with Gasteiger partial charge in [-0.2, -0.15) is 0 Å². The van der Waals surface area contributed by atoms with Gasteiger partial charge in [0.2, 0.25) is 0 Å². The first-order valence-corrected chi connectivity index (χ1v) is 7.43. The number of benzene rings is 2.